The number of hydrogen-bond donors (Lipinski definition) is 2. The first-order chi connectivity index (χ1) is 12.1. The maximum atomic E-state index is 13.2. The Morgan fingerprint density at radius 2 is 2.20 bits per heavy atom. The molecule has 0 aliphatic carbocycles. The van der Waals surface area contributed by atoms with Gasteiger partial charge in [0, 0.05) is 17.7 Å². The SMILES string of the molecule is Cc1cccc(-c2nc(NC(=O)C3Cc4cc(F)ccc4O3)n[nH]2)n1. The quantitative estimate of drug-likeness (QED) is 0.763. The molecule has 0 fully saturated rings. The number of rotatable bonds is 3. The minimum absolute atomic E-state index is 0.133. The first-order valence-electron chi connectivity index (χ1n) is 7.71. The molecule has 3 heterocycles. The number of halogens is 1. The number of pyridine rings is 1. The van der Waals surface area contributed by atoms with Gasteiger partial charge in [0.15, 0.2) is 11.9 Å². The van der Waals surface area contributed by atoms with Crippen molar-refractivity contribution in [3.05, 3.63) is 53.5 Å². The number of carbonyl (C=O) groups is 1. The number of nitrogens with one attached hydrogen (secondary N) is 2. The van der Waals surface area contributed by atoms with E-state index in [1.165, 1.54) is 18.2 Å². The Morgan fingerprint density at radius 1 is 1.32 bits per heavy atom. The van der Waals surface area contributed by atoms with Crippen LogP contribution in [0.3, 0.4) is 0 Å². The number of ether oxygens (including phenoxy) is 1. The highest BCUT2D eigenvalue weighted by Crippen LogP contribution is 2.29. The minimum atomic E-state index is -0.740. The third-order valence-corrected chi connectivity index (χ3v) is 3.84. The van der Waals surface area contributed by atoms with Crippen LogP contribution < -0.4 is 10.1 Å². The molecule has 4 rings (SSSR count). The summed E-state index contributed by atoms with van der Waals surface area (Å²) < 4.78 is 18.8. The van der Waals surface area contributed by atoms with Crippen LogP contribution >= 0.6 is 0 Å². The molecule has 1 unspecified atom stereocenters. The number of benzene rings is 1. The first kappa shape index (κ1) is 15.3. The van der Waals surface area contributed by atoms with E-state index in [1.54, 1.807) is 6.07 Å². The summed E-state index contributed by atoms with van der Waals surface area (Å²) in [5.74, 6) is 0.360. The summed E-state index contributed by atoms with van der Waals surface area (Å²) in [5.41, 5.74) is 2.15. The highest BCUT2D eigenvalue weighted by atomic mass is 19.1. The third kappa shape index (κ3) is 3.06. The van der Waals surface area contributed by atoms with Crippen molar-refractivity contribution >= 4 is 11.9 Å². The van der Waals surface area contributed by atoms with E-state index in [-0.39, 0.29) is 17.7 Å². The van der Waals surface area contributed by atoms with E-state index < -0.39 is 6.10 Å². The Labute approximate surface area is 142 Å². The zero-order valence-electron chi connectivity index (χ0n) is 13.3. The maximum absolute atomic E-state index is 13.2. The van der Waals surface area contributed by atoms with Crippen molar-refractivity contribution < 1.29 is 13.9 Å². The Hall–Kier alpha value is -3.29. The zero-order chi connectivity index (χ0) is 17.4. The topological polar surface area (TPSA) is 92.8 Å². The lowest BCUT2D eigenvalue weighted by Crippen LogP contribution is -2.31. The van der Waals surface area contributed by atoms with Gasteiger partial charge in [0.05, 0.1) is 0 Å². The fourth-order valence-electron chi connectivity index (χ4n) is 2.66. The lowest BCUT2D eigenvalue weighted by molar-refractivity contribution is -0.122. The van der Waals surface area contributed by atoms with Gasteiger partial charge in [0.25, 0.3) is 5.91 Å². The van der Waals surface area contributed by atoms with Gasteiger partial charge in [-0.25, -0.2) is 9.37 Å². The molecular formula is C17H14FN5O2. The second kappa shape index (κ2) is 5.97. The summed E-state index contributed by atoms with van der Waals surface area (Å²) in [6.45, 7) is 1.88. The number of aryl methyl sites for hydroxylation is 1. The van der Waals surface area contributed by atoms with E-state index in [4.69, 9.17) is 4.74 Å². The molecule has 1 aromatic carbocycles. The van der Waals surface area contributed by atoms with Crippen LogP contribution in [-0.2, 0) is 11.2 Å². The van der Waals surface area contributed by atoms with Gasteiger partial charge in [-0.3, -0.25) is 15.2 Å². The summed E-state index contributed by atoms with van der Waals surface area (Å²) in [5, 5.41) is 9.31. The zero-order valence-corrected chi connectivity index (χ0v) is 13.3. The molecule has 1 aliphatic heterocycles. The Bertz CT molecular complexity index is 956. The number of anilines is 1. The molecule has 126 valence electrons. The molecule has 1 amide bonds. The highest BCUT2D eigenvalue weighted by Gasteiger charge is 2.30. The van der Waals surface area contributed by atoms with E-state index in [2.05, 4.69) is 25.5 Å². The summed E-state index contributed by atoms with van der Waals surface area (Å²) in [6.07, 6.45) is -0.439. The summed E-state index contributed by atoms with van der Waals surface area (Å²) >= 11 is 0. The Balaban J connectivity index is 1.46. The van der Waals surface area contributed by atoms with Gasteiger partial charge in [0.2, 0.25) is 5.95 Å². The predicted octanol–water partition coefficient (Wildman–Crippen LogP) is 2.26. The van der Waals surface area contributed by atoms with Crippen LogP contribution in [0.15, 0.2) is 36.4 Å². The average molecular weight is 339 g/mol. The highest BCUT2D eigenvalue weighted by molar-refractivity contribution is 5.93. The molecule has 0 spiro atoms. The number of hydrogen-bond acceptors (Lipinski definition) is 5. The molecule has 0 radical (unpaired) electrons. The molecule has 1 atom stereocenters. The van der Waals surface area contributed by atoms with E-state index in [1.807, 2.05) is 19.1 Å². The van der Waals surface area contributed by atoms with Crippen molar-refractivity contribution in [2.45, 2.75) is 19.4 Å². The van der Waals surface area contributed by atoms with Crippen molar-refractivity contribution in [2.24, 2.45) is 0 Å². The van der Waals surface area contributed by atoms with Gasteiger partial charge in [-0.1, -0.05) is 6.07 Å². The van der Waals surface area contributed by atoms with E-state index in [9.17, 15) is 9.18 Å². The van der Waals surface area contributed by atoms with Crippen molar-refractivity contribution in [1.82, 2.24) is 20.2 Å². The summed E-state index contributed by atoms with van der Waals surface area (Å²) in [4.78, 5) is 20.9. The van der Waals surface area contributed by atoms with Crippen LogP contribution in [0.25, 0.3) is 11.5 Å². The number of H-pyrrole nitrogens is 1. The fourth-order valence-corrected chi connectivity index (χ4v) is 2.66. The predicted molar refractivity (Wildman–Crippen MR) is 87.5 cm³/mol. The summed E-state index contributed by atoms with van der Waals surface area (Å²) in [7, 11) is 0. The second-order valence-corrected chi connectivity index (χ2v) is 5.72. The van der Waals surface area contributed by atoms with Gasteiger partial charge < -0.3 is 4.74 Å². The van der Waals surface area contributed by atoms with Gasteiger partial charge >= 0.3 is 0 Å². The smallest absolute Gasteiger partial charge is 0.268 e. The number of fused-ring (bicyclic) bond motifs is 1. The van der Waals surface area contributed by atoms with Crippen molar-refractivity contribution in [1.29, 1.82) is 0 Å². The molecule has 1 aliphatic rings. The van der Waals surface area contributed by atoms with Gasteiger partial charge in [0.1, 0.15) is 17.3 Å². The standard InChI is InChI=1S/C17H14FN5O2/c1-9-3-2-4-12(19-9)15-20-17(23-22-15)21-16(24)14-8-10-7-11(18)5-6-13(10)25-14/h2-7,14H,8H2,1H3,(H2,20,21,22,23,24). The molecule has 2 N–H and O–H groups in total. The summed E-state index contributed by atoms with van der Waals surface area (Å²) in [6, 6.07) is 9.73. The number of nitrogens with zero attached hydrogens (tertiary/aromatic N) is 3. The fraction of sp³-hybridized carbons (Fsp3) is 0.176. The van der Waals surface area contributed by atoms with Crippen LogP contribution in [-0.4, -0.2) is 32.2 Å². The van der Waals surface area contributed by atoms with Crippen molar-refractivity contribution in [3.63, 3.8) is 0 Å². The van der Waals surface area contributed by atoms with Crippen LogP contribution in [0.2, 0.25) is 0 Å². The third-order valence-electron chi connectivity index (χ3n) is 3.84. The van der Waals surface area contributed by atoms with Crippen molar-refractivity contribution in [3.8, 4) is 17.3 Å². The lowest BCUT2D eigenvalue weighted by atomic mass is 10.1. The van der Waals surface area contributed by atoms with Gasteiger partial charge in [-0.15, -0.1) is 5.10 Å². The van der Waals surface area contributed by atoms with E-state index in [0.717, 1.165) is 5.69 Å². The molecule has 3 aromatic rings. The Morgan fingerprint density at radius 3 is 3.04 bits per heavy atom. The Kier molecular flexibility index (Phi) is 3.64. The average Bonchev–Trinajstić information content (AvgIpc) is 3.21. The molecule has 7 nitrogen and oxygen atoms in total. The minimum Gasteiger partial charge on any atom is -0.480 e. The van der Waals surface area contributed by atoms with Crippen molar-refractivity contribution in [2.75, 3.05) is 5.32 Å². The molecule has 0 saturated carbocycles. The monoisotopic (exact) mass is 339 g/mol. The number of carbonyl (C=O) groups excluding carboxylic acids is 1. The maximum Gasteiger partial charge on any atom is 0.268 e. The van der Waals surface area contributed by atoms with E-state index >= 15 is 0 Å². The normalized spacial score (nSPS) is 15.5. The number of aromatic amines is 1. The van der Waals surface area contributed by atoms with Gasteiger partial charge in [-0.05, 0) is 37.3 Å². The number of aromatic nitrogens is 4. The molecule has 25 heavy (non-hydrogen) atoms. The first-order valence-corrected chi connectivity index (χ1v) is 7.71. The molecule has 0 bridgehead atoms. The van der Waals surface area contributed by atoms with Crippen LogP contribution in [0.4, 0.5) is 10.3 Å². The van der Waals surface area contributed by atoms with E-state index in [0.29, 0.717) is 29.3 Å². The lowest BCUT2D eigenvalue weighted by Gasteiger charge is -2.08. The number of amides is 1. The van der Waals surface area contributed by atoms with Crippen LogP contribution in [0.1, 0.15) is 11.3 Å². The molecule has 2 aromatic heterocycles. The van der Waals surface area contributed by atoms with Gasteiger partial charge in [-0.2, -0.15) is 4.98 Å². The van der Waals surface area contributed by atoms with Crippen LogP contribution in [0, 0.1) is 12.7 Å². The molecular weight excluding hydrogens is 325 g/mol. The second-order valence-electron chi connectivity index (χ2n) is 5.72. The largest absolute Gasteiger partial charge is 0.480 e. The molecule has 8 heteroatoms. The molecule has 0 saturated heterocycles. The van der Waals surface area contributed by atoms with Crippen LogP contribution in [0.5, 0.6) is 5.75 Å².